The summed E-state index contributed by atoms with van der Waals surface area (Å²) in [6, 6.07) is 12.0. The number of ether oxygens (including phenoxy) is 1. The number of hydrogen-bond donors (Lipinski definition) is 1. The largest absolute Gasteiger partial charge is 0.497 e. The first-order valence-electron chi connectivity index (χ1n) is 7.47. The lowest BCUT2D eigenvalue weighted by atomic mass is 10.2. The Morgan fingerprint density at radius 3 is 2.86 bits per heavy atom. The number of rotatable bonds is 5. The van der Waals surface area contributed by atoms with Gasteiger partial charge in [0.05, 0.1) is 13.7 Å². The Bertz CT molecular complexity index is 610. The van der Waals surface area contributed by atoms with Crippen LogP contribution in [0, 0.1) is 0 Å². The SMILES string of the molecule is COc1ccc(NC(=O)CN2CCC[C@H]2c2cccs2)cc1. The van der Waals surface area contributed by atoms with Crippen molar-refractivity contribution in [2.45, 2.75) is 18.9 Å². The van der Waals surface area contributed by atoms with Gasteiger partial charge < -0.3 is 10.1 Å². The van der Waals surface area contributed by atoms with Gasteiger partial charge in [0.2, 0.25) is 5.91 Å². The summed E-state index contributed by atoms with van der Waals surface area (Å²) in [5.74, 6) is 0.823. The fourth-order valence-corrected chi connectivity index (χ4v) is 3.77. The van der Waals surface area contributed by atoms with Gasteiger partial charge in [-0.15, -0.1) is 11.3 Å². The second-order valence-corrected chi connectivity index (χ2v) is 6.40. The Morgan fingerprint density at radius 2 is 2.18 bits per heavy atom. The van der Waals surface area contributed by atoms with E-state index in [2.05, 4.69) is 27.7 Å². The zero-order valence-corrected chi connectivity index (χ0v) is 13.4. The van der Waals surface area contributed by atoms with Crippen molar-refractivity contribution < 1.29 is 9.53 Å². The zero-order valence-electron chi connectivity index (χ0n) is 12.6. The molecular weight excluding hydrogens is 296 g/mol. The average Bonchev–Trinajstić information content (AvgIpc) is 3.18. The summed E-state index contributed by atoms with van der Waals surface area (Å²) in [5, 5.41) is 5.05. The highest BCUT2D eigenvalue weighted by Gasteiger charge is 2.28. The van der Waals surface area contributed by atoms with Gasteiger partial charge in [0, 0.05) is 16.6 Å². The number of carbonyl (C=O) groups excluding carboxylic acids is 1. The number of thiophene rings is 1. The molecule has 1 aliphatic heterocycles. The van der Waals surface area contributed by atoms with Gasteiger partial charge in [0.15, 0.2) is 0 Å². The van der Waals surface area contributed by atoms with Crippen LogP contribution in [0.3, 0.4) is 0 Å². The number of benzene rings is 1. The monoisotopic (exact) mass is 316 g/mol. The van der Waals surface area contributed by atoms with Crippen LogP contribution in [-0.2, 0) is 4.79 Å². The molecule has 1 N–H and O–H groups in total. The second kappa shape index (κ2) is 6.94. The van der Waals surface area contributed by atoms with Crippen LogP contribution in [-0.4, -0.2) is 31.0 Å². The molecule has 116 valence electrons. The molecule has 1 aromatic heterocycles. The van der Waals surface area contributed by atoms with Crippen LogP contribution < -0.4 is 10.1 Å². The number of anilines is 1. The summed E-state index contributed by atoms with van der Waals surface area (Å²) < 4.78 is 5.12. The van der Waals surface area contributed by atoms with Gasteiger partial charge in [-0.25, -0.2) is 0 Å². The number of likely N-dealkylation sites (tertiary alicyclic amines) is 1. The van der Waals surface area contributed by atoms with Crippen molar-refractivity contribution in [1.29, 1.82) is 0 Å². The average molecular weight is 316 g/mol. The van der Waals surface area contributed by atoms with E-state index in [9.17, 15) is 4.79 Å². The van der Waals surface area contributed by atoms with E-state index < -0.39 is 0 Å². The van der Waals surface area contributed by atoms with E-state index in [1.165, 1.54) is 4.88 Å². The molecule has 0 radical (unpaired) electrons. The van der Waals surface area contributed by atoms with Gasteiger partial charge in [-0.2, -0.15) is 0 Å². The predicted octanol–water partition coefficient (Wildman–Crippen LogP) is 3.53. The van der Waals surface area contributed by atoms with E-state index in [0.717, 1.165) is 30.8 Å². The molecule has 2 heterocycles. The molecule has 1 fully saturated rings. The molecule has 1 atom stereocenters. The highest BCUT2D eigenvalue weighted by molar-refractivity contribution is 7.10. The Kier molecular flexibility index (Phi) is 4.75. The first kappa shape index (κ1) is 15.1. The molecule has 0 spiro atoms. The molecule has 1 aromatic carbocycles. The lowest BCUT2D eigenvalue weighted by Crippen LogP contribution is -2.32. The first-order valence-corrected chi connectivity index (χ1v) is 8.35. The third kappa shape index (κ3) is 3.48. The maximum Gasteiger partial charge on any atom is 0.238 e. The maximum absolute atomic E-state index is 12.3. The van der Waals surface area contributed by atoms with Crippen LogP contribution in [0.2, 0.25) is 0 Å². The van der Waals surface area contributed by atoms with Gasteiger partial charge in [-0.05, 0) is 55.1 Å². The molecular formula is C17H20N2O2S. The fraction of sp³-hybridized carbons (Fsp3) is 0.353. The third-order valence-corrected chi connectivity index (χ3v) is 4.93. The Balaban J connectivity index is 1.58. The van der Waals surface area contributed by atoms with Crippen LogP contribution in [0.15, 0.2) is 41.8 Å². The summed E-state index contributed by atoms with van der Waals surface area (Å²) >= 11 is 1.77. The van der Waals surface area contributed by atoms with E-state index in [0.29, 0.717) is 12.6 Å². The molecule has 0 saturated carbocycles. The number of methoxy groups -OCH3 is 1. The molecule has 5 heteroatoms. The smallest absolute Gasteiger partial charge is 0.238 e. The normalized spacial score (nSPS) is 18.3. The molecule has 0 bridgehead atoms. The molecule has 0 unspecified atom stereocenters. The van der Waals surface area contributed by atoms with Gasteiger partial charge >= 0.3 is 0 Å². The summed E-state index contributed by atoms with van der Waals surface area (Å²) in [6.07, 6.45) is 2.29. The van der Waals surface area contributed by atoms with Crippen LogP contribution >= 0.6 is 11.3 Å². The fourth-order valence-electron chi connectivity index (χ4n) is 2.88. The van der Waals surface area contributed by atoms with Crippen molar-refractivity contribution in [3.63, 3.8) is 0 Å². The Morgan fingerprint density at radius 1 is 1.36 bits per heavy atom. The number of amides is 1. The van der Waals surface area contributed by atoms with E-state index in [1.807, 2.05) is 24.3 Å². The summed E-state index contributed by atoms with van der Waals surface area (Å²) in [5.41, 5.74) is 0.803. The van der Waals surface area contributed by atoms with Gasteiger partial charge in [0.1, 0.15) is 5.75 Å². The Labute approximate surface area is 134 Å². The summed E-state index contributed by atoms with van der Waals surface area (Å²) in [6.45, 7) is 1.42. The topological polar surface area (TPSA) is 41.6 Å². The molecule has 22 heavy (non-hydrogen) atoms. The first-order chi connectivity index (χ1) is 10.8. The maximum atomic E-state index is 12.3. The highest BCUT2D eigenvalue weighted by atomic mass is 32.1. The lowest BCUT2D eigenvalue weighted by molar-refractivity contribution is -0.117. The number of nitrogens with zero attached hydrogens (tertiary/aromatic N) is 1. The van der Waals surface area contributed by atoms with Gasteiger partial charge in [-0.1, -0.05) is 6.07 Å². The lowest BCUT2D eigenvalue weighted by Gasteiger charge is -2.22. The molecule has 0 aliphatic carbocycles. The van der Waals surface area contributed by atoms with Crippen molar-refractivity contribution in [3.05, 3.63) is 46.7 Å². The summed E-state index contributed by atoms with van der Waals surface area (Å²) in [7, 11) is 1.63. The molecule has 3 rings (SSSR count). The summed E-state index contributed by atoms with van der Waals surface area (Å²) in [4.78, 5) is 15.9. The molecule has 4 nitrogen and oxygen atoms in total. The van der Waals surface area contributed by atoms with Crippen molar-refractivity contribution in [3.8, 4) is 5.75 Å². The molecule has 2 aromatic rings. The second-order valence-electron chi connectivity index (χ2n) is 5.42. The van der Waals surface area contributed by atoms with E-state index in [-0.39, 0.29) is 5.91 Å². The van der Waals surface area contributed by atoms with E-state index >= 15 is 0 Å². The highest BCUT2D eigenvalue weighted by Crippen LogP contribution is 2.34. The number of hydrogen-bond acceptors (Lipinski definition) is 4. The Hall–Kier alpha value is -1.85. The van der Waals surface area contributed by atoms with Crippen molar-refractivity contribution in [2.75, 3.05) is 25.5 Å². The van der Waals surface area contributed by atoms with Crippen LogP contribution in [0.4, 0.5) is 5.69 Å². The molecule has 1 aliphatic rings. The minimum absolute atomic E-state index is 0.0358. The van der Waals surface area contributed by atoms with Gasteiger partial charge in [0.25, 0.3) is 0 Å². The predicted molar refractivity (Wildman–Crippen MR) is 89.5 cm³/mol. The minimum atomic E-state index is 0.0358. The number of carbonyl (C=O) groups is 1. The number of nitrogens with one attached hydrogen (secondary N) is 1. The van der Waals surface area contributed by atoms with Crippen LogP contribution in [0.1, 0.15) is 23.8 Å². The van der Waals surface area contributed by atoms with Gasteiger partial charge in [-0.3, -0.25) is 9.69 Å². The zero-order chi connectivity index (χ0) is 15.4. The van der Waals surface area contributed by atoms with Crippen LogP contribution in [0.25, 0.3) is 0 Å². The van der Waals surface area contributed by atoms with Crippen molar-refractivity contribution in [1.82, 2.24) is 4.90 Å². The van der Waals surface area contributed by atoms with E-state index in [4.69, 9.17) is 4.74 Å². The van der Waals surface area contributed by atoms with E-state index in [1.54, 1.807) is 18.4 Å². The molecule has 1 amide bonds. The minimum Gasteiger partial charge on any atom is -0.497 e. The third-order valence-electron chi connectivity index (χ3n) is 3.96. The van der Waals surface area contributed by atoms with Crippen molar-refractivity contribution in [2.24, 2.45) is 0 Å². The van der Waals surface area contributed by atoms with Crippen LogP contribution in [0.5, 0.6) is 5.75 Å². The molecule has 1 saturated heterocycles. The van der Waals surface area contributed by atoms with Crippen molar-refractivity contribution >= 4 is 22.9 Å². The quantitative estimate of drug-likeness (QED) is 0.917. The standard InChI is InChI=1S/C17H20N2O2S/c1-21-14-8-6-13(7-9-14)18-17(20)12-19-10-2-4-15(19)16-5-3-11-22-16/h3,5-9,11,15H,2,4,10,12H2,1H3,(H,18,20)/t15-/m0/s1.